The zero-order valence-corrected chi connectivity index (χ0v) is 9.35. The van der Waals surface area contributed by atoms with Gasteiger partial charge in [-0.25, -0.2) is 0 Å². The number of hydrogen-bond acceptors (Lipinski definition) is 2. The van der Waals surface area contributed by atoms with Crippen LogP contribution in [0.4, 0.5) is 0 Å². The molecule has 0 aliphatic carbocycles. The molecule has 0 radical (unpaired) electrons. The number of carbonyl (C=O) groups is 2. The van der Waals surface area contributed by atoms with Crippen LogP contribution in [-0.4, -0.2) is 23.6 Å². The highest BCUT2D eigenvalue weighted by Gasteiger charge is 2.12. The molecule has 0 fully saturated rings. The molecule has 0 saturated carbocycles. The molecule has 1 amide bonds. The number of carbonyl (C=O) groups excluding carboxylic acids is 2. The van der Waals surface area contributed by atoms with Crippen molar-refractivity contribution in [1.29, 1.82) is 0 Å². The normalized spacial score (nSPS) is 9.56. The molecular weight excluding hydrogens is 202 g/mol. The van der Waals surface area contributed by atoms with Crippen molar-refractivity contribution in [2.45, 2.75) is 13.3 Å². The van der Waals surface area contributed by atoms with Crippen LogP contribution in [0.15, 0.2) is 36.9 Å². The van der Waals surface area contributed by atoms with Gasteiger partial charge in [0.15, 0.2) is 0 Å². The minimum absolute atomic E-state index is 0.101. The average molecular weight is 217 g/mol. The molecule has 1 aromatic carbocycles. The number of rotatable bonds is 5. The molecule has 0 N–H and O–H groups in total. The van der Waals surface area contributed by atoms with Gasteiger partial charge in [-0.3, -0.25) is 4.79 Å². The lowest BCUT2D eigenvalue weighted by Gasteiger charge is -2.22. The van der Waals surface area contributed by atoms with Crippen molar-refractivity contribution in [2.24, 2.45) is 0 Å². The fraction of sp³-hybridized carbons (Fsp3) is 0.231. The summed E-state index contributed by atoms with van der Waals surface area (Å²) in [7, 11) is 0. The molecule has 0 heterocycles. The Morgan fingerprint density at radius 1 is 1.38 bits per heavy atom. The van der Waals surface area contributed by atoms with Crippen molar-refractivity contribution >= 4 is 17.9 Å². The predicted molar refractivity (Wildman–Crippen MR) is 63.5 cm³/mol. The van der Waals surface area contributed by atoms with E-state index in [1.807, 2.05) is 30.3 Å². The summed E-state index contributed by atoms with van der Waals surface area (Å²) in [5.41, 5.74) is 1.53. The first kappa shape index (κ1) is 12.2. The third kappa shape index (κ3) is 3.05. The first-order chi connectivity index (χ1) is 7.66. The van der Waals surface area contributed by atoms with Gasteiger partial charge < -0.3 is 9.69 Å². The van der Waals surface area contributed by atoms with Crippen LogP contribution in [0.2, 0.25) is 0 Å². The smallest absolute Gasteiger partial charge is 0.223 e. The molecule has 84 valence electrons. The Morgan fingerprint density at radius 3 is 2.50 bits per heavy atom. The Labute approximate surface area is 95.4 Å². The number of aldehydes is 1. The van der Waals surface area contributed by atoms with Crippen molar-refractivity contribution in [3.63, 3.8) is 0 Å². The number of benzene rings is 1. The summed E-state index contributed by atoms with van der Waals surface area (Å²) < 4.78 is 0. The largest absolute Gasteiger partial charge is 0.312 e. The maximum Gasteiger partial charge on any atom is 0.223 e. The summed E-state index contributed by atoms with van der Waals surface area (Å²) in [5, 5.41) is 0. The Kier molecular flexibility index (Phi) is 4.45. The highest BCUT2D eigenvalue weighted by molar-refractivity contribution is 5.84. The Hall–Kier alpha value is -1.90. The van der Waals surface area contributed by atoms with Crippen LogP contribution in [-0.2, 0) is 9.59 Å². The lowest BCUT2D eigenvalue weighted by atomic mass is 10.1. The van der Waals surface area contributed by atoms with E-state index < -0.39 is 0 Å². The highest BCUT2D eigenvalue weighted by Crippen LogP contribution is 2.17. The quantitative estimate of drug-likeness (QED) is 0.708. The minimum atomic E-state index is -0.101. The third-order valence-electron chi connectivity index (χ3n) is 2.28. The molecule has 0 spiro atoms. The second-order valence-electron chi connectivity index (χ2n) is 3.44. The number of nitrogens with zero attached hydrogens (tertiary/aromatic N) is 1. The molecule has 0 atom stereocenters. The van der Waals surface area contributed by atoms with Crippen LogP contribution in [0.1, 0.15) is 18.9 Å². The zero-order valence-electron chi connectivity index (χ0n) is 9.35. The monoisotopic (exact) mass is 217 g/mol. The Morgan fingerprint density at radius 2 is 2.00 bits per heavy atom. The van der Waals surface area contributed by atoms with Gasteiger partial charge in [-0.1, -0.05) is 36.9 Å². The van der Waals surface area contributed by atoms with Crippen LogP contribution >= 0.6 is 0 Å². The Balaban J connectivity index is 2.83. The lowest BCUT2D eigenvalue weighted by Crippen LogP contribution is -2.28. The molecule has 3 nitrogen and oxygen atoms in total. The molecule has 0 saturated heterocycles. The molecule has 16 heavy (non-hydrogen) atoms. The summed E-state index contributed by atoms with van der Waals surface area (Å²) in [6.45, 7) is 5.74. The van der Waals surface area contributed by atoms with Crippen LogP contribution in [0, 0.1) is 0 Å². The summed E-state index contributed by atoms with van der Waals surface area (Å²) in [5.74, 6) is -0.101. The molecule has 1 rings (SSSR count). The number of hydrogen-bond donors (Lipinski definition) is 0. The van der Waals surface area contributed by atoms with Gasteiger partial charge in [0.25, 0.3) is 0 Å². The van der Waals surface area contributed by atoms with Crippen LogP contribution in [0.5, 0.6) is 0 Å². The van der Waals surface area contributed by atoms with Gasteiger partial charge in [0.1, 0.15) is 6.29 Å². The fourth-order valence-corrected chi connectivity index (χ4v) is 1.45. The summed E-state index contributed by atoms with van der Waals surface area (Å²) >= 11 is 0. The van der Waals surface area contributed by atoms with Gasteiger partial charge in [0.05, 0.1) is 0 Å². The van der Waals surface area contributed by atoms with Gasteiger partial charge >= 0.3 is 0 Å². The van der Waals surface area contributed by atoms with Crippen LogP contribution < -0.4 is 0 Å². The van der Waals surface area contributed by atoms with E-state index in [0.717, 1.165) is 11.8 Å². The van der Waals surface area contributed by atoms with Gasteiger partial charge in [-0.2, -0.15) is 0 Å². The highest BCUT2D eigenvalue weighted by atomic mass is 16.2. The molecule has 1 aromatic rings. The summed E-state index contributed by atoms with van der Waals surface area (Å²) in [4.78, 5) is 23.3. The van der Waals surface area contributed by atoms with E-state index in [1.54, 1.807) is 0 Å². The van der Waals surface area contributed by atoms with Crippen LogP contribution in [0.25, 0.3) is 5.70 Å². The lowest BCUT2D eigenvalue weighted by molar-refractivity contribution is -0.125. The van der Waals surface area contributed by atoms with Crippen molar-refractivity contribution in [2.75, 3.05) is 6.54 Å². The second kappa shape index (κ2) is 5.85. The van der Waals surface area contributed by atoms with Crippen molar-refractivity contribution < 1.29 is 9.59 Å². The van der Waals surface area contributed by atoms with E-state index in [9.17, 15) is 9.59 Å². The van der Waals surface area contributed by atoms with Gasteiger partial charge in [-0.15, -0.1) is 0 Å². The molecule has 3 heteroatoms. The van der Waals surface area contributed by atoms with E-state index in [-0.39, 0.29) is 5.91 Å². The van der Waals surface area contributed by atoms with Crippen molar-refractivity contribution in [3.8, 4) is 0 Å². The summed E-state index contributed by atoms with van der Waals surface area (Å²) in [6.07, 6.45) is 1.12. The van der Waals surface area contributed by atoms with Crippen molar-refractivity contribution in [3.05, 3.63) is 42.5 Å². The molecule has 0 aliphatic heterocycles. The zero-order chi connectivity index (χ0) is 12.0. The van der Waals surface area contributed by atoms with Crippen molar-refractivity contribution in [1.82, 2.24) is 4.90 Å². The maximum atomic E-state index is 11.4. The average Bonchev–Trinajstić information content (AvgIpc) is 2.30. The van der Waals surface area contributed by atoms with E-state index in [0.29, 0.717) is 18.7 Å². The standard InChI is InChI=1S/C13H15NO2/c1-11(13-7-4-3-5-8-13)14(12(2)16)9-6-10-15/h3-5,7-8,10H,1,6,9H2,2H3. The fourth-order valence-electron chi connectivity index (χ4n) is 1.45. The molecular formula is C13H15NO2. The van der Waals surface area contributed by atoms with E-state index in [4.69, 9.17) is 0 Å². The first-order valence-corrected chi connectivity index (χ1v) is 5.13. The molecule has 0 aromatic heterocycles. The van der Waals surface area contributed by atoms with E-state index >= 15 is 0 Å². The third-order valence-corrected chi connectivity index (χ3v) is 2.28. The van der Waals surface area contributed by atoms with Gasteiger partial charge in [-0.05, 0) is 5.56 Å². The van der Waals surface area contributed by atoms with Gasteiger partial charge in [0, 0.05) is 25.6 Å². The van der Waals surface area contributed by atoms with Gasteiger partial charge in [0.2, 0.25) is 5.91 Å². The Bertz CT molecular complexity index is 384. The topological polar surface area (TPSA) is 37.4 Å². The minimum Gasteiger partial charge on any atom is -0.312 e. The maximum absolute atomic E-state index is 11.4. The first-order valence-electron chi connectivity index (χ1n) is 5.13. The number of amides is 1. The summed E-state index contributed by atoms with van der Waals surface area (Å²) in [6, 6.07) is 9.45. The molecule has 0 aliphatic rings. The second-order valence-corrected chi connectivity index (χ2v) is 3.44. The molecule has 0 bridgehead atoms. The van der Waals surface area contributed by atoms with E-state index in [2.05, 4.69) is 6.58 Å². The van der Waals surface area contributed by atoms with Crippen LogP contribution in [0.3, 0.4) is 0 Å². The predicted octanol–water partition coefficient (Wildman–Crippen LogP) is 2.09. The molecule has 0 unspecified atom stereocenters. The SMILES string of the molecule is C=C(c1ccccc1)N(CCC=O)C(C)=O. The van der Waals surface area contributed by atoms with E-state index in [1.165, 1.54) is 11.8 Å².